The first-order valence-electron chi connectivity index (χ1n) is 11.8. The van der Waals surface area contributed by atoms with Gasteiger partial charge in [0.2, 0.25) is 15.9 Å². The Morgan fingerprint density at radius 3 is 2.26 bits per heavy atom. The number of carbonyl (C=O) groups is 1. The van der Waals surface area contributed by atoms with E-state index < -0.39 is 27.0 Å². The van der Waals surface area contributed by atoms with Gasteiger partial charge in [-0.25, -0.2) is 17.8 Å². The fraction of sp³-hybridized carbons (Fsp3) is 0.385. The quantitative estimate of drug-likeness (QED) is 0.443. The van der Waals surface area contributed by atoms with Gasteiger partial charge >= 0.3 is 0 Å². The molecule has 1 heterocycles. The highest BCUT2D eigenvalue weighted by molar-refractivity contribution is 7.89. The highest BCUT2D eigenvalue weighted by Crippen LogP contribution is 2.41. The molecule has 9 heteroatoms. The van der Waals surface area contributed by atoms with Gasteiger partial charge in [0.1, 0.15) is 0 Å². The Labute approximate surface area is 206 Å². The predicted octanol–water partition coefficient (Wildman–Crippen LogP) is 3.34. The number of nitrogens with zero attached hydrogens (tertiary/aromatic N) is 2. The second kappa shape index (κ2) is 9.93. The van der Waals surface area contributed by atoms with Crippen molar-refractivity contribution in [1.29, 1.82) is 0 Å². The van der Waals surface area contributed by atoms with E-state index in [9.17, 15) is 18.3 Å². The molecule has 1 fully saturated rings. The van der Waals surface area contributed by atoms with Crippen LogP contribution < -0.4 is 10.0 Å². The first-order valence-corrected chi connectivity index (χ1v) is 13.2. The molecule has 1 aliphatic rings. The SMILES string of the molecule is C[C@]1(NS(=O)(=O)c2ccc(-n3cccn3)cc2)CC[C@](C)(C(=O)N[C@H](CO)c2ccccc2)CC1. The Bertz CT molecular complexity index is 1230. The molecule has 1 atom stereocenters. The molecule has 0 unspecified atom stereocenters. The molecular weight excluding hydrogens is 464 g/mol. The summed E-state index contributed by atoms with van der Waals surface area (Å²) in [6.07, 6.45) is 5.57. The summed E-state index contributed by atoms with van der Waals surface area (Å²) in [5.74, 6) is -0.125. The van der Waals surface area contributed by atoms with E-state index in [1.807, 2.05) is 44.2 Å². The Morgan fingerprint density at radius 1 is 1.03 bits per heavy atom. The van der Waals surface area contributed by atoms with E-state index in [1.165, 1.54) is 0 Å². The predicted molar refractivity (Wildman–Crippen MR) is 133 cm³/mol. The average Bonchev–Trinajstić information content (AvgIpc) is 3.40. The minimum Gasteiger partial charge on any atom is -0.394 e. The zero-order chi connectivity index (χ0) is 25.1. The van der Waals surface area contributed by atoms with Crippen molar-refractivity contribution >= 4 is 15.9 Å². The lowest BCUT2D eigenvalue weighted by Crippen LogP contribution is -2.52. The monoisotopic (exact) mass is 496 g/mol. The number of hydrogen-bond donors (Lipinski definition) is 3. The molecule has 3 aromatic rings. The van der Waals surface area contributed by atoms with Gasteiger partial charge in [-0.1, -0.05) is 37.3 Å². The summed E-state index contributed by atoms with van der Waals surface area (Å²) in [6.45, 7) is 3.60. The van der Waals surface area contributed by atoms with Crippen LogP contribution in [0.15, 0.2) is 78.0 Å². The Balaban J connectivity index is 1.39. The summed E-state index contributed by atoms with van der Waals surface area (Å²) in [5.41, 5.74) is 0.323. The number of carbonyl (C=O) groups excluding carboxylic acids is 1. The maximum Gasteiger partial charge on any atom is 0.241 e. The number of amides is 1. The molecule has 0 saturated heterocycles. The van der Waals surface area contributed by atoms with Gasteiger partial charge in [0.25, 0.3) is 0 Å². The van der Waals surface area contributed by atoms with Crippen molar-refractivity contribution < 1.29 is 18.3 Å². The number of sulfonamides is 1. The summed E-state index contributed by atoms with van der Waals surface area (Å²) in [7, 11) is -3.73. The van der Waals surface area contributed by atoms with Gasteiger partial charge in [0.15, 0.2) is 0 Å². The second-order valence-electron chi connectivity index (χ2n) is 9.79. The molecule has 0 aliphatic heterocycles. The molecule has 1 saturated carbocycles. The maximum absolute atomic E-state index is 13.1. The van der Waals surface area contributed by atoms with Crippen molar-refractivity contribution in [3.05, 3.63) is 78.6 Å². The van der Waals surface area contributed by atoms with Crippen LogP contribution >= 0.6 is 0 Å². The number of rotatable bonds is 8. The molecule has 1 aromatic heterocycles. The first-order chi connectivity index (χ1) is 16.6. The molecule has 35 heavy (non-hydrogen) atoms. The van der Waals surface area contributed by atoms with E-state index in [-0.39, 0.29) is 17.4 Å². The average molecular weight is 497 g/mol. The van der Waals surface area contributed by atoms with Crippen LogP contribution in [0.5, 0.6) is 0 Å². The largest absolute Gasteiger partial charge is 0.394 e. The van der Waals surface area contributed by atoms with Crippen LogP contribution in [-0.2, 0) is 14.8 Å². The van der Waals surface area contributed by atoms with Gasteiger partial charge in [-0.05, 0) is 68.5 Å². The van der Waals surface area contributed by atoms with Crippen molar-refractivity contribution in [1.82, 2.24) is 19.8 Å². The number of hydrogen-bond acceptors (Lipinski definition) is 5. The topological polar surface area (TPSA) is 113 Å². The van der Waals surface area contributed by atoms with Gasteiger partial charge in [-0.2, -0.15) is 5.10 Å². The highest BCUT2D eigenvalue weighted by atomic mass is 32.2. The lowest BCUT2D eigenvalue weighted by Gasteiger charge is -2.42. The van der Waals surface area contributed by atoms with Gasteiger partial charge in [-0.3, -0.25) is 4.79 Å². The molecule has 0 radical (unpaired) electrons. The molecule has 4 rings (SSSR count). The smallest absolute Gasteiger partial charge is 0.241 e. The second-order valence-corrected chi connectivity index (χ2v) is 11.5. The molecule has 186 valence electrons. The Hall–Kier alpha value is -3.01. The minimum atomic E-state index is -3.73. The summed E-state index contributed by atoms with van der Waals surface area (Å²) < 4.78 is 30.7. The number of benzene rings is 2. The van der Waals surface area contributed by atoms with Crippen molar-refractivity contribution in [2.24, 2.45) is 5.41 Å². The van der Waals surface area contributed by atoms with Crippen molar-refractivity contribution in [3.8, 4) is 5.69 Å². The third-order valence-electron chi connectivity index (χ3n) is 6.99. The molecule has 8 nitrogen and oxygen atoms in total. The molecule has 3 N–H and O–H groups in total. The summed E-state index contributed by atoms with van der Waals surface area (Å²) in [5, 5.41) is 16.9. The van der Waals surface area contributed by atoms with Gasteiger partial charge in [0, 0.05) is 23.3 Å². The van der Waals surface area contributed by atoms with Crippen molar-refractivity contribution in [2.45, 2.75) is 56.0 Å². The maximum atomic E-state index is 13.1. The number of aromatic nitrogens is 2. The van der Waals surface area contributed by atoms with E-state index in [1.54, 1.807) is 47.4 Å². The fourth-order valence-corrected chi connectivity index (χ4v) is 5.98. The van der Waals surface area contributed by atoms with Crippen LogP contribution in [0.4, 0.5) is 0 Å². The third-order valence-corrected chi connectivity index (χ3v) is 8.65. The molecule has 0 bridgehead atoms. The van der Waals surface area contributed by atoms with Crippen LogP contribution in [0.3, 0.4) is 0 Å². The zero-order valence-electron chi connectivity index (χ0n) is 20.0. The van der Waals surface area contributed by atoms with Crippen molar-refractivity contribution in [3.63, 3.8) is 0 Å². The lowest BCUT2D eigenvalue weighted by atomic mass is 9.68. The molecular formula is C26H32N4O4S. The van der Waals surface area contributed by atoms with Crippen LogP contribution in [0.2, 0.25) is 0 Å². The normalized spacial score (nSPS) is 23.5. The summed E-state index contributed by atoms with van der Waals surface area (Å²) in [6, 6.07) is 17.3. The lowest BCUT2D eigenvalue weighted by molar-refractivity contribution is -0.133. The third kappa shape index (κ3) is 5.63. The van der Waals surface area contributed by atoms with E-state index in [2.05, 4.69) is 15.1 Å². The number of aliphatic hydroxyl groups is 1. The number of nitrogens with one attached hydrogen (secondary N) is 2. The molecule has 1 aliphatic carbocycles. The van der Waals surface area contributed by atoms with Crippen molar-refractivity contribution in [2.75, 3.05) is 6.61 Å². The highest BCUT2D eigenvalue weighted by Gasteiger charge is 2.44. The van der Waals surface area contributed by atoms with Crippen LogP contribution in [0.25, 0.3) is 5.69 Å². The first kappa shape index (κ1) is 25.1. The summed E-state index contributed by atoms with van der Waals surface area (Å²) >= 11 is 0. The fourth-order valence-electron chi connectivity index (χ4n) is 4.52. The van der Waals surface area contributed by atoms with Crippen LogP contribution in [0.1, 0.15) is 51.1 Å². The standard InChI is InChI=1S/C26H32N4O4S/c1-25(24(32)28-23(19-31)20-7-4-3-5-8-20)13-15-26(2,16-14-25)29-35(33,34)22-11-9-21(10-12-22)30-18-6-17-27-30/h3-12,17-18,23,29,31H,13-16,19H2,1-2H3,(H,28,32)/t23-,25-,26-/m1/s1. The Morgan fingerprint density at radius 2 is 1.69 bits per heavy atom. The van der Waals surface area contributed by atoms with Gasteiger partial charge < -0.3 is 10.4 Å². The van der Waals surface area contributed by atoms with Crippen LogP contribution in [-0.4, -0.2) is 41.4 Å². The van der Waals surface area contributed by atoms with E-state index in [0.29, 0.717) is 25.7 Å². The van der Waals surface area contributed by atoms with Gasteiger partial charge in [-0.15, -0.1) is 0 Å². The van der Waals surface area contributed by atoms with E-state index in [4.69, 9.17) is 0 Å². The zero-order valence-corrected chi connectivity index (χ0v) is 20.8. The van der Waals surface area contributed by atoms with Crippen LogP contribution in [0, 0.1) is 5.41 Å². The van der Waals surface area contributed by atoms with E-state index >= 15 is 0 Å². The van der Waals surface area contributed by atoms with E-state index in [0.717, 1.165) is 11.3 Å². The number of aliphatic hydroxyl groups excluding tert-OH is 1. The molecule has 1 amide bonds. The minimum absolute atomic E-state index is 0.125. The van der Waals surface area contributed by atoms with Gasteiger partial charge in [0.05, 0.1) is 23.2 Å². The molecule has 0 spiro atoms. The Kier molecular flexibility index (Phi) is 7.12. The summed E-state index contributed by atoms with van der Waals surface area (Å²) in [4.78, 5) is 13.3. The molecule has 2 aromatic carbocycles.